The fourth-order valence-corrected chi connectivity index (χ4v) is 5.15. The summed E-state index contributed by atoms with van der Waals surface area (Å²) in [6, 6.07) is 10.8. The Morgan fingerprint density at radius 2 is 1.36 bits per heavy atom. The standard InChI is InChI=1S/C23H17ClF6N2O3S/c24-18-6-8-19(9-7-18)36(34,35)32(20(21(31)33)15-4-2-1-3-5-15)13-14-10-16(22(25,26)27)12-17(11-14)23(28,29)30/h1-12,20H,13H2,(H2,31,33)/t20-/m1/s1. The van der Waals surface area contributed by atoms with Crippen molar-refractivity contribution < 1.29 is 39.6 Å². The lowest BCUT2D eigenvalue weighted by Gasteiger charge is -2.30. The summed E-state index contributed by atoms with van der Waals surface area (Å²) in [5.74, 6) is -1.19. The van der Waals surface area contributed by atoms with Crippen LogP contribution in [-0.4, -0.2) is 18.6 Å². The van der Waals surface area contributed by atoms with Gasteiger partial charge >= 0.3 is 12.4 Å². The van der Waals surface area contributed by atoms with E-state index in [0.717, 1.165) is 12.1 Å². The van der Waals surface area contributed by atoms with E-state index in [1.165, 1.54) is 36.4 Å². The van der Waals surface area contributed by atoms with Gasteiger partial charge in [-0.3, -0.25) is 4.79 Å². The van der Waals surface area contributed by atoms with Crippen LogP contribution in [0.3, 0.4) is 0 Å². The molecule has 13 heteroatoms. The molecule has 0 heterocycles. The SMILES string of the molecule is NC(=O)[C@@H](c1ccccc1)N(Cc1cc(C(F)(F)F)cc(C(F)(F)F)c1)S(=O)(=O)c1ccc(Cl)cc1. The highest BCUT2D eigenvalue weighted by Gasteiger charge is 2.39. The Labute approximate surface area is 207 Å². The number of amides is 1. The van der Waals surface area contributed by atoms with Gasteiger partial charge in [-0.25, -0.2) is 8.42 Å². The number of nitrogens with two attached hydrogens (primary N) is 1. The Hall–Kier alpha value is -3.09. The molecule has 0 saturated heterocycles. The molecule has 36 heavy (non-hydrogen) atoms. The second-order valence-corrected chi connectivity index (χ2v) is 9.96. The maximum atomic E-state index is 13.6. The predicted molar refractivity (Wildman–Crippen MR) is 119 cm³/mol. The number of carbonyl (C=O) groups is 1. The van der Waals surface area contributed by atoms with Gasteiger partial charge < -0.3 is 5.73 Å². The molecule has 2 N–H and O–H groups in total. The van der Waals surface area contributed by atoms with E-state index < -0.39 is 62.5 Å². The number of hydrogen-bond donors (Lipinski definition) is 1. The van der Waals surface area contributed by atoms with Gasteiger partial charge in [0, 0.05) is 11.6 Å². The van der Waals surface area contributed by atoms with Crippen molar-refractivity contribution in [3.63, 3.8) is 0 Å². The van der Waals surface area contributed by atoms with Crippen LogP contribution < -0.4 is 5.73 Å². The molecule has 0 aliphatic heterocycles. The lowest BCUT2D eigenvalue weighted by Crippen LogP contribution is -2.41. The first-order valence-corrected chi connectivity index (χ1v) is 11.8. The van der Waals surface area contributed by atoms with Crippen LogP contribution in [0.4, 0.5) is 26.3 Å². The lowest BCUT2D eigenvalue weighted by atomic mass is 10.0. The summed E-state index contributed by atoms with van der Waals surface area (Å²) < 4.78 is 108. The molecule has 3 aromatic rings. The van der Waals surface area contributed by atoms with Crippen molar-refractivity contribution in [3.05, 3.63) is 100 Å². The normalized spacial score (nSPS) is 13.6. The van der Waals surface area contributed by atoms with E-state index in [9.17, 15) is 39.6 Å². The van der Waals surface area contributed by atoms with Crippen molar-refractivity contribution in [2.75, 3.05) is 0 Å². The molecule has 0 aromatic heterocycles. The monoisotopic (exact) mass is 550 g/mol. The molecule has 192 valence electrons. The van der Waals surface area contributed by atoms with E-state index in [1.807, 2.05) is 0 Å². The highest BCUT2D eigenvalue weighted by molar-refractivity contribution is 7.89. The van der Waals surface area contributed by atoms with Crippen LogP contribution in [-0.2, 0) is 33.7 Å². The maximum Gasteiger partial charge on any atom is 0.416 e. The van der Waals surface area contributed by atoms with Gasteiger partial charge in [-0.05, 0) is 53.6 Å². The Kier molecular flexibility index (Phi) is 7.72. The maximum absolute atomic E-state index is 13.6. The Morgan fingerprint density at radius 1 is 0.861 bits per heavy atom. The van der Waals surface area contributed by atoms with Gasteiger partial charge in [-0.15, -0.1) is 0 Å². The quantitative estimate of drug-likeness (QED) is 0.378. The molecule has 0 aliphatic carbocycles. The molecular weight excluding hydrogens is 534 g/mol. The summed E-state index contributed by atoms with van der Waals surface area (Å²) >= 11 is 5.80. The van der Waals surface area contributed by atoms with Gasteiger partial charge in [0.2, 0.25) is 15.9 Å². The van der Waals surface area contributed by atoms with Crippen LogP contribution in [0.2, 0.25) is 5.02 Å². The van der Waals surface area contributed by atoms with Gasteiger partial charge in [0.05, 0.1) is 16.0 Å². The highest BCUT2D eigenvalue weighted by Crippen LogP contribution is 2.38. The average Bonchev–Trinajstić information content (AvgIpc) is 2.78. The van der Waals surface area contributed by atoms with Crippen LogP contribution in [0.15, 0.2) is 77.7 Å². The van der Waals surface area contributed by atoms with Crippen molar-refractivity contribution in [1.29, 1.82) is 0 Å². The largest absolute Gasteiger partial charge is 0.416 e. The Morgan fingerprint density at radius 3 is 1.81 bits per heavy atom. The van der Waals surface area contributed by atoms with Crippen molar-refractivity contribution in [3.8, 4) is 0 Å². The van der Waals surface area contributed by atoms with E-state index >= 15 is 0 Å². The smallest absolute Gasteiger partial charge is 0.368 e. The van der Waals surface area contributed by atoms with Gasteiger partial charge in [-0.2, -0.15) is 30.6 Å². The molecular formula is C23H17ClF6N2O3S. The summed E-state index contributed by atoms with van der Waals surface area (Å²) in [5.41, 5.74) is 1.63. The van der Waals surface area contributed by atoms with Gasteiger partial charge in [0.25, 0.3) is 0 Å². The summed E-state index contributed by atoms with van der Waals surface area (Å²) in [7, 11) is -4.69. The lowest BCUT2D eigenvalue weighted by molar-refractivity contribution is -0.143. The van der Waals surface area contributed by atoms with Crippen LogP contribution in [0.5, 0.6) is 0 Å². The first-order valence-electron chi connectivity index (χ1n) is 10.0. The first-order chi connectivity index (χ1) is 16.6. The van der Waals surface area contributed by atoms with Crippen molar-refractivity contribution in [2.45, 2.75) is 29.8 Å². The molecule has 0 unspecified atom stereocenters. The third-order valence-corrected chi connectivity index (χ3v) is 7.16. The summed E-state index contributed by atoms with van der Waals surface area (Å²) in [6.07, 6.45) is -10.3. The van der Waals surface area contributed by atoms with Crippen LogP contribution >= 0.6 is 11.6 Å². The number of primary amides is 1. The molecule has 3 rings (SSSR count). The number of benzene rings is 3. The van der Waals surface area contributed by atoms with Crippen molar-refractivity contribution in [1.82, 2.24) is 4.31 Å². The predicted octanol–water partition coefficient (Wildman–Crippen LogP) is 5.80. The fourth-order valence-electron chi connectivity index (χ4n) is 3.46. The van der Waals surface area contributed by atoms with E-state index in [4.69, 9.17) is 17.3 Å². The fraction of sp³-hybridized carbons (Fsp3) is 0.174. The number of carbonyl (C=O) groups excluding carboxylic acids is 1. The average molecular weight is 551 g/mol. The molecule has 5 nitrogen and oxygen atoms in total. The van der Waals surface area contributed by atoms with Gasteiger partial charge in [0.15, 0.2) is 0 Å². The molecule has 0 saturated carbocycles. The number of hydrogen-bond acceptors (Lipinski definition) is 3. The molecule has 0 spiro atoms. The van der Waals surface area contributed by atoms with E-state index in [-0.39, 0.29) is 16.7 Å². The molecule has 0 radical (unpaired) electrons. The molecule has 1 amide bonds. The van der Waals surface area contributed by atoms with Crippen LogP contribution in [0.1, 0.15) is 28.3 Å². The van der Waals surface area contributed by atoms with Crippen molar-refractivity contribution >= 4 is 27.5 Å². The minimum absolute atomic E-state index is 0.0607. The second-order valence-electron chi connectivity index (χ2n) is 7.63. The van der Waals surface area contributed by atoms with E-state index in [0.29, 0.717) is 16.4 Å². The topological polar surface area (TPSA) is 80.5 Å². The Bertz CT molecular complexity index is 1310. The zero-order valence-corrected chi connectivity index (χ0v) is 19.6. The number of sulfonamides is 1. The van der Waals surface area contributed by atoms with Gasteiger partial charge in [-0.1, -0.05) is 41.9 Å². The molecule has 0 aliphatic rings. The van der Waals surface area contributed by atoms with Crippen molar-refractivity contribution in [2.24, 2.45) is 5.73 Å². The number of nitrogens with zero attached hydrogens (tertiary/aromatic N) is 1. The summed E-state index contributed by atoms with van der Waals surface area (Å²) in [4.78, 5) is 12.0. The van der Waals surface area contributed by atoms with Gasteiger partial charge in [0.1, 0.15) is 6.04 Å². The zero-order chi connectivity index (χ0) is 26.9. The highest BCUT2D eigenvalue weighted by atomic mass is 35.5. The number of halogens is 7. The minimum atomic E-state index is -5.15. The molecule has 3 aromatic carbocycles. The van der Waals surface area contributed by atoms with E-state index in [1.54, 1.807) is 6.07 Å². The van der Waals surface area contributed by atoms with Crippen LogP contribution in [0.25, 0.3) is 0 Å². The zero-order valence-electron chi connectivity index (χ0n) is 18.0. The number of rotatable bonds is 7. The van der Waals surface area contributed by atoms with Crippen LogP contribution in [0, 0.1) is 0 Å². The Balaban J connectivity index is 2.24. The molecule has 1 atom stereocenters. The minimum Gasteiger partial charge on any atom is -0.368 e. The first kappa shape index (κ1) is 27.5. The summed E-state index contributed by atoms with van der Waals surface area (Å²) in [6.45, 7) is -1.03. The molecule has 0 fully saturated rings. The second kappa shape index (κ2) is 10.1. The number of alkyl halides is 6. The third kappa shape index (κ3) is 6.18. The summed E-state index contributed by atoms with van der Waals surface area (Å²) in [5, 5.41) is 0.169. The molecule has 0 bridgehead atoms. The van der Waals surface area contributed by atoms with E-state index in [2.05, 4.69) is 0 Å². The third-order valence-electron chi connectivity index (χ3n) is 5.08.